The molecule has 0 aliphatic rings. The van der Waals surface area contributed by atoms with Crippen LogP contribution in [0.5, 0.6) is 0 Å². The maximum Gasteiger partial charge on any atom is 0.101 e. The highest BCUT2D eigenvalue weighted by molar-refractivity contribution is 5.62. The highest BCUT2D eigenvalue weighted by atomic mass is 16.5. The Balaban J connectivity index is 2.30. The van der Waals surface area contributed by atoms with E-state index in [9.17, 15) is 0 Å². The molecular weight excluding hydrogens is 214 g/mol. The Bertz CT molecular complexity index is 410. The van der Waals surface area contributed by atoms with Crippen LogP contribution in [0.1, 0.15) is 12.0 Å². The molecular formula is C13H17N3O. The molecule has 0 aromatic heterocycles. The number of nitriles is 1. The average Bonchev–Trinajstić information content (AvgIpc) is 2.34. The molecule has 90 valence electrons. The minimum atomic E-state index is 0.491. The predicted molar refractivity (Wildman–Crippen MR) is 69.7 cm³/mol. The summed E-state index contributed by atoms with van der Waals surface area (Å²) in [5, 5.41) is 11.9. The zero-order chi connectivity index (χ0) is 12.5. The normalized spacial score (nSPS) is 9.59. The van der Waals surface area contributed by atoms with E-state index < -0.39 is 0 Å². The van der Waals surface area contributed by atoms with Crippen LogP contribution < -0.4 is 11.1 Å². The van der Waals surface area contributed by atoms with E-state index in [1.54, 1.807) is 12.1 Å². The first-order valence-corrected chi connectivity index (χ1v) is 5.50. The Morgan fingerprint density at radius 1 is 1.47 bits per heavy atom. The second-order valence-electron chi connectivity index (χ2n) is 3.53. The van der Waals surface area contributed by atoms with Crippen molar-refractivity contribution < 1.29 is 4.74 Å². The van der Waals surface area contributed by atoms with Crippen LogP contribution in [-0.4, -0.2) is 19.8 Å². The summed E-state index contributed by atoms with van der Waals surface area (Å²) >= 11 is 0. The highest BCUT2D eigenvalue weighted by Gasteiger charge is 1.99. The van der Waals surface area contributed by atoms with Gasteiger partial charge in [-0.25, -0.2) is 0 Å². The molecule has 1 aromatic carbocycles. The molecule has 4 heteroatoms. The Hall–Kier alpha value is -1.99. The lowest BCUT2D eigenvalue weighted by Gasteiger charge is -2.08. The number of rotatable bonds is 7. The third-order valence-corrected chi connectivity index (χ3v) is 2.21. The summed E-state index contributed by atoms with van der Waals surface area (Å²) < 4.78 is 5.35. The van der Waals surface area contributed by atoms with Gasteiger partial charge < -0.3 is 15.8 Å². The number of nitrogens with one attached hydrogen (secondary N) is 1. The van der Waals surface area contributed by atoms with E-state index >= 15 is 0 Å². The van der Waals surface area contributed by atoms with Crippen molar-refractivity contribution in [3.05, 3.63) is 36.4 Å². The van der Waals surface area contributed by atoms with Gasteiger partial charge in [0.25, 0.3) is 0 Å². The molecule has 1 rings (SSSR count). The van der Waals surface area contributed by atoms with Crippen molar-refractivity contribution >= 4 is 11.4 Å². The monoisotopic (exact) mass is 231 g/mol. The quantitative estimate of drug-likeness (QED) is 0.428. The Labute approximate surface area is 102 Å². The van der Waals surface area contributed by atoms with Crippen molar-refractivity contribution in [3.8, 4) is 6.07 Å². The molecule has 0 saturated heterocycles. The summed E-state index contributed by atoms with van der Waals surface area (Å²) in [6, 6.07) is 7.31. The van der Waals surface area contributed by atoms with Gasteiger partial charge >= 0.3 is 0 Å². The van der Waals surface area contributed by atoms with Gasteiger partial charge in [-0.1, -0.05) is 6.08 Å². The molecule has 17 heavy (non-hydrogen) atoms. The standard InChI is InChI=1S/C13H17N3O/c1-2-3-7-17-8-6-16-12-5-4-11(10-14)13(15)9-12/h2,4-5,9,16H,1,3,6-8,15H2. The maximum atomic E-state index is 8.73. The van der Waals surface area contributed by atoms with Crippen LogP contribution in [0, 0.1) is 11.3 Å². The van der Waals surface area contributed by atoms with E-state index in [2.05, 4.69) is 11.9 Å². The van der Waals surface area contributed by atoms with E-state index in [1.807, 2.05) is 18.2 Å². The summed E-state index contributed by atoms with van der Waals surface area (Å²) in [7, 11) is 0. The van der Waals surface area contributed by atoms with Crippen molar-refractivity contribution in [2.45, 2.75) is 6.42 Å². The molecule has 0 atom stereocenters. The van der Waals surface area contributed by atoms with Crippen molar-refractivity contribution in [1.29, 1.82) is 5.26 Å². The van der Waals surface area contributed by atoms with Gasteiger partial charge in [0.05, 0.1) is 24.5 Å². The van der Waals surface area contributed by atoms with E-state index in [4.69, 9.17) is 15.7 Å². The zero-order valence-corrected chi connectivity index (χ0v) is 9.78. The first kappa shape index (κ1) is 13.1. The molecule has 0 unspecified atom stereocenters. The molecule has 0 amide bonds. The fourth-order valence-corrected chi connectivity index (χ4v) is 1.31. The minimum absolute atomic E-state index is 0.491. The Morgan fingerprint density at radius 3 is 2.94 bits per heavy atom. The summed E-state index contributed by atoms with van der Waals surface area (Å²) in [4.78, 5) is 0. The maximum absolute atomic E-state index is 8.73. The molecule has 1 aromatic rings. The summed E-state index contributed by atoms with van der Waals surface area (Å²) in [6.45, 7) is 5.65. The number of anilines is 2. The topological polar surface area (TPSA) is 71.1 Å². The van der Waals surface area contributed by atoms with Crippen LogP contribution in [0.3, 0.4) is 0 Å². The van der Waals surface area contributed by atoms with Gasteiger partial charge in [-0.05, 0) is 24.6 Å². The van der Waals surface area contributed by atoms with Crippen LogP contribution in [0.2, 0.25) is 0 Å². The molecule has 0 saturated carbocycles. The smallest absolute Gasteiger partial charge is 0.101 e. The zero-order valence-electron chi connectivity index (χ0n) is 9.78. The number of hydrogen-bond acceptors (Lipinski definition) is 4. The van der Waals surface area contributed by atoms with Crippen molar-refractivity contribution in [2.24, 2.45) is 0 Å². The average molecular weight is 231 g/mol. The van der Waals surface area contributed by atoms with Gasteiger partial charge in [0.1, 0.15) is 6.07 Å². The molecule has 0 aliphatic carbocycles. The fourth-order valence-electron chi connectivity index (χ4n) is 1.31. The van der Waals surface area contributed by atoms with Crippen LogP contribution in [-0.2, 0) is 4.74 Å². The number of nitrogens with zero attached hydrogens (tertiary/aromatic N) is 1. The third kappa shape index (κ3) is 4.58. The van der Waals surface area contributed by atoms with E-state index in [1.165, 1.54) is 0 Å². The SMILES string of the molecule is C=CCCOCCNc1ccc(C#N)c(N)c1. The van der Waals surface area contributed by atoms with Gasteiger partial charge in [-0.2, -0.15) is 5.26 Å². The fraction of sp³-hybridized carbons (Fsp3) is 0.308. The van der Waals surface area contributed by atoms with Crippen molar-refractivity contribution in [2.75, 3.05) is 30.8 Å². The summed E-state index contributed by atoms with van der Waals surface area (Å²) in [5.41, 5.74) is 7.58. The van der Waals surface area contributed by atoms with Crippen LogP contribution in [0.25, 0.3) is 0 Å². The first-order valence-electron chi connectivity index (χ1n) is 5.50. The number of hydrogen-bond donors (Lipinski definition) is 2. The Kier molecular flexibility index (Phi) is 5.62. The molecule has 0 fully saturated rings. The first-order chi connectivity index (χ1) is 8.27. The lowest BCUT2D eigenvalue weighted by molar-refractivity contribution is 0.149. The largest absolute Gasteiger partial charge is 0.398 e. The third-order valence-electron chi connectivity index (χ3n) is 2.21. The highest BCUT2D eigenvalue weighted by Crippen LogP contribution is 2.16. The van der Waals surface area contributed by atoms with Gasteiger partial charge in [-0.3, -0.25) is 0 Å². The predicted octanol–water partition coefficient (Wildman–Crippen LogP) is 2.15. The molecule has 0 heterocycles. The second kappa shape index (κ2) is 7.31. The number of nitrogen functional groups attached to an aromatic ring is 1. The van der Waals surface area contributed by atoms with Crippen LogP contribution >= 0.6 is 0 Å². The molecule has 3 N–H and O–H groups in total. The molecule has 0 bridgehead atoms. The van der Waals surface area contributed by atoms with Crippen molar-refractivity contribution in [3.63, 3.8) is 0 Å². The molecule has 4 nitrogen and oxygen atoms in total. The van der Waals surface area contributed by atoms with Crippen molar-refractivity contribution in [1.82, 2.24) is 0 Å². The lowest BCUT2D eigenvalue weighted by Crippen LogP contribution is -2.10. The van der Waals surface area contributed by atoms with E-state index in [0.29, 0.717) is 31.0 Å². The van der Waals surface area contributed by atoms with Gasteiger partial charge in [0.15, 0.2) is 0 Å². The lowest BCUT2D eigenvalue weighted by atomic mass is 10.2. The van der Waals surface area contributed by atoms with Gasteiger partial charge in [-0.15, -0.1) is 6.58 Å². The second-order valence-corrected chi connectivity index (χ2v) is 3.53. The van der Waals surface area contributed by atoms with Crippen LogP contribution in [0.15, 0.2) is 30.9 Å². The molecule has 0 spiro atoms. The van der Waals surface area contributed by atoms with E-state index in [0.717, 1.165) is 12.1 Å². The Morgan fingerprint density at radius 2 is 2.29 bits per heavy atom. The number of benzene rings is 1. The number of ether oxygens (including phenoxy) is 1. The number of nitrogens with two attached hydrogens (primary N) is 1. The van der Waals surface area contributed by atoms with Crippen LogP contribution in [0.4, 0.5) is 11.4 Å². The van der Waals surface area contributed by atoms with E-state index in [-0.39, 0.29) is 0 Å². The summed E-state index contributed by atoms with van der Waals surface area (Å²) in [6.07, 6.45) is 2.69. The minimum Gasteiger partial charge on any atom is -0.398 e. The molecule has 0 aliphatic heterocycles. The van der Waals surface area contributed by atoms with Gasteiger partial charge in [0, 0.05) is 12.2 Å². The summed E-state index contributed by atoms with van der Waals surface area (Å²) in [5.74, 6) is 0. The van der Waals surface area contributed by atoms with Gasteiger partial charge in [0.2, 0.25) is 0 Å². The molecule has 0 radical (unpaired) electrons.